The van der Waals surface area contributed by atoms with Crippen LogP contribution in [0.25, 0.3) is 5.78 Å². The summed E-state index contributed by atoms with van der Waals surface area (Å²) in [5.74, 6) is -1.74. The Morgan fingerprint density at radius 3 is 2.85 bits per heavy atom. The number of amides is 1. The average molecular weight is 277 g/mol. The van der Waals surface area contributed by atoms with Crippen molar-refractivity contribution in [3.05, 3.63) is 23.8 Å². The van der Waals surface area contributed by atoms with Gasteiger partial charge in [-0.3, -0.25) is 9.59 Å². The lowest BCUT2D eigenvalue weighted by atomic mass is 10.1. The summed E-state index contributed by atoms with van der Waals surface area (Å²) in [6, 6.07) is 1.75. The number of fused-ring (bicyclic) bond motifs is 1. The molecule has 2 N–H and O–H groups in total. The van der Waals surface area contributed by atoms with Gasteiger partial charge in [-0.2, -0.15) is 4.98 Å². The number of aliphatic carboxylic acids is 1. The van der Waals surface area contributed by atoms with Gasteiger partial charge in [-0.1, -0.05) is 6.92 Å². The number of nitrogens with one attached hydrogen (secondary N) is 1. The van der Waals surface area contributed by atoms with Gasteiger partial charge in [0.2, 0.25) is 5.82 Å². The molecule has 1 amide bonds. The first-order valence-electron chi connectivity index (χ1n) is 6.22. The molecule has 0 aromatic carbocycles. The van der Waals surface area contributed by atoms with Crippen molar-refractivity contribution < 1.29 is 14.7 Å². The summed E-state index contributed by atoms with van der Waals surface area (Å²) in [5, 5.41) is 15.5. The van der Waals surface area contributed by atoms with Crippen molar-refractivity contribution in [2.24, 2.45) is 5.92 Å². The van der Waals surface area contributed by atoms with Crippen molar-refractivity contribution in [1.82, 2.24) is 24.9 Å². The Morgan fingerprint density at radius 2 is 2.25 bits per heavy atom. The van der Waals surface area contributed by atoms with Crippen LogP contribution in [-0.2, 0) is 4.79 Å². The van der Waals surface area contributed by atoms with E-state index in [-0.39, 0.29) is 12.4 Å². The van der Waals surface area contributed by atoms with E-state index in [1.807, 2.05) is 6.92 Å². The molecule has 2 aromatic heterocycles. The Morgan fingerprint density at radius 1 is 1.50 bits per heavy atom. The van der Waals surface area contributed by atoms with Crippen LogP contribution in [0.1, 0.15) is 29.7 Å². The van der Waals surface area contributed by atoms with E-state index < -0.39 is 17.8 Å². The molecule has 0 radical (unpaired) electrons. The smallest absolute Gasteiger partial charge is 0.308 e. The van der Waals surface area contributed by atoms with E-state index in [9.17, 15) is 9.59 Å². The Bertz CT molecular complexity index is 652. The highest BCUT2D eigenvalue weighted by Gasteiger charge is 2.19. The van der Waals surface area contributed by atoms with Gasteiger partial charge >= 0.3 is 5.97 Å². The van der Waals surface area contributed by atoms with Crippen LogP contribution in [-0.4, -0.2) is 43.1 Å². The summed E-state index contributed by atoms with van der Waals surface area (Å²) >= 11 is 0. The number of rotatable bonds is 5. The molecule has 8 heteroatoms. The number of aromatic nitrogens is 4. The maximum atomic E-state index is 11.9. The zero-order chi connectivity index (χ0) is 14.7. The first-order chi connectivity index (χ1) is 9.52. The van der Waals surface area contributed by atoms with Gasteiger partial charge in [0, 0.05) is 18.4 Å². The SMILES string of the molecule is CCC(CNC(=O)c1nc2nccc(C)n2n1)C(=O)O. The topological polar surface area (TPSA) is 109 Å². The van der Waals surface area contributed by atoms with Crippen LogP contribution in [0.15, 0.2) is 12.3 Å². The fourth-order valence-electron chi connectivity index (χ4n) is 1.70. The number of carboxylic acid groups (broad SMARTS) is 1. The van der Waals surface area contributed by atoms with E-state index in [0.717, 1.165) is 5.69 Å². The summed E-state index contributed by atoms with van der Waals surface area (Å²) in [6.45, 7) is 3.62. The van der Waals surface area contributed by atoms with Crippen LogP contribution in [0.2, 0.25) is 0 Å². The van der Waals surface area contributed by atoms with Gasteiger partial charge in [0.1, 0.15) is 0 Å². The highest BCUT2D eigenvalue weighted by molar-refractivity contribution is 5.91. The minimum absolute atomic E-state index is 0.0213. The molecule has 0 saturated carbocycles. The van der Waals surface area contributed by atoms with Gasteiger partial charge in [0.25, 0.3) is 11.7 Å². The minimum Gasteiger partial charge on any atom is -0.481 e. The molecule has 2 aromatic rings. The number of carbonyl (C=O) groups excluding carboxylic acids is 1. The summed E-state index contributed by atoms with van der Waals surface area (Å²) in [5.41, 5.74) is 0.804. The van der Waals surface area contributed by atoms with Crippen LogP contribution in [0, 0.1) is 12.8 Å². The van der Waals surface area contributed by atoms with Crippen molar-refractivity contribution in [1.29, 1.82) is 0 Å². The molecule has 2 rings (SSSR count). The largest absolute Gasteiger partial charge is 0.481 e. The van der Waals surface area contributed by atoms with Gasteiger partial charge in [0.15, 0.2) is 0 Å². The molecule has 0 aliphatic heterocycles. The normalized spacial score (nSPS) is 12.3. The lowest BCUT2D eigenvalue weighted by Crippen LogP contribution is -2.33. The van der Waals surface area contributed by atoms with Gasteiger partial charge in [0.05, 0.1) is 5.92 Å². The quantitative estimate of drug-likeness (QED) is 0.812. The molecule has 1 atom stereocenters. The monoisotopic (exact) mass is 277 g/mol. The molecule has 1 unspecified atom stereocenters. The van der Waals surface area contributed by atoms with Crippen LogP contribution < -0.4 is 5.32 Å². The Kier molecular flexibility index (Phi) is 3.92. The van der Waals surface area contributed by atoms with Crippen molar-refractivity contribution >= 4 is 17.7 Å². The molecule has 0 fully saturated rings. The van der Waals surface area contributed by atoms with E-state index in [2.05, 4.69) is 20.4 Å². The summed E-state index contributed by atoms with van der Waals surface area (Å²) in [7, 11) is 0. The molecule has 0 spiro atoms. The third-order valence-corrected chi connectivity index (χ3v) is 2.98. The van der Waals surface area contributed by atoms with Crippen LogP contribution in [0.4, 0.5) is 0 Å². The molecule has 106 valence electrons. The molecule has 0 aliphatic rings. The van der Waals surface area contributed by atoms with E-state index in [0.29, 0.717) is 12.2 Å². The second-order valence-corrected chi connectivity index (χ2v) is 4.39. The molecule has 0 saturated heterocycles. The molecule has 8 nitrogen and oxygen atoms in total. The lowest BCUT2D eigenvalue weighted by Gasteiger charge is -2.09. The Balaban J connectivity index is 2.12. The van der Waals surface area contributed by atoms with Crippen molar-refractivity contribution in [2.75, 3.05) is 6.54 Å². The summed E-state index contributed by atoms with van der Waals surface area (Å²) < 4.78 is 1.46. The van der Waals surface area contributed by atoms with Crippen molar-refractivity contribution in [3.8, 4) is 0 Å². The van der Waals surface area contributed by atoms with E-state index in [1.54, 1.807) is 19.2 Å². The number of nitrogens with zero attached hydrogens (tertiary/aromatic N) is 4. The number of carboxylic acids is 1. The number of hydrogen-bond donors (Lipinski definition) is 2. The molecule has 0 bridgehead atoms. The van der Waals surface area contributed by atoms with Crippen LogP contribution in [0.3, 0.4) is 0 Å². The number of hydrogen-bond acceptors (Lipinski definition) is 5. The molecule has 2 heterocycles. The standard InChI is InChI=1S/C12H15N5O3/c1-3-8(11(19)20)6-14-10(18)9-15-12-13-5-4-7(2)17(12)16-9/h4-5,8H,3,6H2,1-2H3,(H,14,18)(H,19,20). The Labute approximate surface area is 114 Å². The fraction of sp³-hybridized carbons (Fsp3) is 0.417. The molecular weight excluding hydrogens is 262 g/mol. The zero-order valence-corrected chi connectivity index (χ0v) is 11.2. The molecular formula is C12H15N5O3. The fourth-order valence-corrected chi connectivity index (χ4v) is 1.70. The van der Waals surface area contributed by atoms with E-state index >= 15 is 0 Å². The second-order valence-electron chi connectivity index (χ2n) is 4.39. The van der Waals surface area contributed by atoms with E-state index in [4.69, 9.17) is 5.11 Å². The summed E-state index contributed by atoms with van der Waals surface area (Å²) in [6.07, 6.45) is 2.02. The van der Waals surface area contributed by atoms with Crippen LogP contribution >= 0.6 is 0 Å². The van der Waals surface area contributed by atoms with Gasteiger partial charge < -0.3 is 10.4 Å². The van der Waals surface area contributed by atoms with Gasteiger partial charge in [-0.05, 0) is 19.4 Å². The summed E-state index contributed by atoms with van der Waals surface area (Å²) in [4.78, 5) is 30.8. The predicted octanol–water partition coefficient (Wildman–Crippen LogP) is 0.273. The third-order valence-electron chi connectivity index (χ3n) is 2.98. The maximum absolute atomic E-state index is 11.9. The maximum Gasteiger partial charge on any atom is 0.308 e. The highest BCUT2D eigenvalue weighted by atomic mass is 16.4. The van der Waals surface area contributed by atoms with Gasteiger partial charge in [-0.15, -0.1) is 5.10 Å². The second kappa shape index (κ2) is 5.64. The predicted molar refractivity (Wildman–Crippen MR) is 69.3 cm³/mol. The first-order valence-corrected chi connectivity index (χ1v) is 6.22. The lowest BCUT2D eigenvalue weighted by molar-refractivity contribution is -0.141. The van der Waals surface area contributed by atoms with Crippen molar-refractivity contribution in [3.63, 3.8) is 0 Å². The Hall–Kier alpha value is -2.51. The zero-order valence-electron chi connectivity index (χ0n) is 11.2. The molecule has 0 aliphatic carbocycles. The number of carbonyl (C=O) groups is 2. The highest BCUT2D eigenvalue weighted by Crippen LogP contribution is 2.03. The third kappa shape index (κ3) is 2.73. The van der Waals surface area contributed by atoms with Gasteiger partial charge in [-0.25, -0.2) is 9.50 Å². The molecule has 20 heavy (non-hydrogen) atoms. The van der Waals surface area contributed by atoms with Crippen molar-refractivity contribution in [2.45, 2.75) is 20.3 Å². The average Bonchev–Trinajstić information content (AvgIpc) is 2.84. The van der Waals surface area contributed by atoms with Crippen LogP contribution in [0.5, 0.6) is 0 Å². The first kappa shape index (κ1) is 13.9. The van der Waals surface area contributed by atoms with E-state index in [1.165, 1.54) is 4.52 Å². The minimum atomic E-state index is -0.937. The number of aryl methyl sites for hydroxylation is 1.